The number of nitrogens with zero attached hydrogens (tertiary/aromatic N) is 1. The summed E-state index contributed by atoms with van der Waals surface area (Å²) < 4.78 is 5.30. The van der Waals surface area contributed by atoms with Gasteiger partial charge in [0.25, 0.3) is 0 Å². The zero-order chi connectivity index (χ0) is 15.4. The first-order valence-corrected chi connectivity index (χ1v) is 7.05. The van der Waals surface area contributed by atoms with E-state index in [-0.39, 0.29) is 5.91 Å². The van der Waals surface area contributed by atoms with Crippen molar-refractivity contribution in [3.8, 4) is 11.3 Å². The van der Waals surface area contributed by atoms with E-state index in [1.54, 1.807) is 6.20 Å². The normalized spacial score (nSPS) is 10.4. The number of amides is 1. The second-order valence-corrected chi connectivity index (χ2v) is 5.11. The van der Waals surface area contributed by atoms with Gasteiger partial charge in [-0.05, 0) is 36.2 Å². The fraction of sp³-hybridized carbons (Fsp3) is 0.111. The van der Waals surface area contributed by atoms with Gasteiger partial charge in [0, 0.05) is 11.3 Å². The summed E-state index contributed by atoms with van der Waals surface area (Å²) in [6, 6.07) is 15.4. The molecule has 1 aromatic heterocycles. The van der Waals surface area contributed by atoms with E-state index in [9.17, 15) is 4.79 Å². The van der Waals surface area contributed by atoms with Crippen LogP contribution in [0.3, 0.4) is 0 Å². The van der Waals surface area contributed by atoms with E-state index >= 15 is 0 Å². The predicted octanol–water partition coefficient (Wildman–Crippen LogP) is 3.83. The average Bonchev–Trinajstić information content (AvgIpc) is 3.02. The molecule has 0 saturated heterocycles. The van der Waals surface area contributed by atoms with Crippen LogP contribution in [0.25, 0.3) is 11.3 Å². The van der Waals surface area contributed by atoms with Crippen LogP contribution in [0.15, 0.2) is 65.5 Å². The maximum Gasteiger partial charge on any atom is 0.228 e. The summed E-state index contributed by atoms with van der Waals surface area (Å²) in [5.41, 5.74) is 3.77. The Labute approximate surface area is 128 Å². The number of hydrogen-bond acceptors (Lipinski definition) is 3. The minimum atomic E-state index is -0.0296. The molecular weight excluding hydrogens is 276 g/mol. The molecule has 1 heterocycles. The van der Waals surface area contributed by atoms with Gasteiger partial charge in [-0.15, -0.1) is 0 Å². The molecule has 3 rings (SSSR count). The highest BCUT2D eigenvalue weighted by molar-refractivity contribution is 5.92. The molecule has 4 heteroatoms. The standard InChI is InChI=1S/C18H16N2O2/c1-13-9-15(7-8-16(13)17-11-19-12-22-17)20-18(21)10-14-5-3-2-4-6-14/h2-9,11-12H,10H2,1H3,(H,20,21). The summed E-state index contributed by atoms with van der Waals surface area (Å²) >= 11 is 0. The Morgan fingerprint density at radius 2 is 2.00 bits per heavy atom. The molecule has 4 nitrogen and oxygen atoms in total. The van der Waals surface area contributed by atoms with Gasteiger partial charge in [-0.1, -0.05) is 30.3 Å². The molecule has 0 unspecified atom stereocenters. The van der Waals surface area contributed by atoms with Crippen molar-refractivity contribution < 1.29 is 9.21 Å². The maximum absolute atomic E-state index is 12.1. The summed E-state index contributed by atoms with van der Waals surface area (Å²) in [7, 11) is 0. The monoisotopic (exact) mass is 292 g/mol. The molecule has 22 heavy (non-hydrogen) atoms. The molecule has 0 radical (unpaired) electrons. The SMILES string of the molecule is Cc1cc(NC(=O)Cc2ccccc2)ccc1-c1cnco1. The Morgan fingerprint density at radius 3 is 2.68 bits per heavy atom. The lowest BCUT2D eigenvalue weighted by atomic mass is 10.1. The van der Waals surface area contributed by atoms with Gasteiger partial charge in [0.15, 0.2) is 12.2 Å². The first kappa shape index (κ1) is 14.1. The molecule has 0 atom stereocenters. The Kier molecular flexibility index (Phi) is 4.01. The lowest BCUT2D eigenvalue weighted by Gasteiger charge is -2.08. The van der Waals surface area contributed by atoms with E-state index in [1.165, 1.54) is 6.39 Å². The van der Waals surface area contributed by atoms with E-state index in [0.29, 0.717) is 6.42 Å². The van der Waals surface area contributed by atoms with E-state index in [0.717, 1.165) is 28.1 Å². The molecule has 1 amide bonds. The van der Waals surface area contributed by atoms with E-state index in [1.807, 2.05) is 55.5 Å². The lowest BCUT2D eigenvalue weighted by molar-refractivity contribution is -0.115. The fourth-order valence-corrected chi connectivity index (χ4v) is 2.35. The van der Waals surface area contributed by atoms with Gasteiger partial charge in [-0.3, -0.25) is 4.79 Å². The topological polar surface area (TPSA) is 55.1 Å². The molecule has 1 N–H and O–H groups in total. The van der Waals surface area contributed by atoms with E-state index < -0.39 is 0 Å². The number of carbonyl (C=O) groups is 1. The smallest absolute Gasteiger partial charge is 0.228 e. The number of aryl methyl sites for hydroxylation is 1. The number of oxazole rings is 1. The third-order valence-corrected chi connectivity index (χ3v) is 3.42. The Hall–Kier alpha value is -2.88. The molecule has 0 aliphatic heterocycles. The van der Waals surface area contributed by atoms with Gasteiger partial charge in [-0.25, -0.2) is 4.98 Å². The second-order valence-electron chi connectivity index (χ2n) is 5.11. The first-order valence-electron chi connectivity index (χ1n) is 7.05. The van der Waals surface area contributed by atoms with Crippen LogP contribution < -0.4 is 5.32 Å². The van der Waals surface area contributed by atoms with Crippen LogP contribution in [0.5, 0.6) is 0 Å². The van der Waals surface area contributed by atoms with Crippen LogP contribution in [-0.4, -0.2) is 10.9 Å². The zero-order valence-corrected chi connectivity index (χ0v) is 12.2. The molecule has 2 aromatic carbocycles. The summed E-state index contributed by atoms with van der Waals surface area (Å²) in [6.07, 6.45) is 3.45. The number of aromatic nitrogens is 1. The fourth-order valence-electron chi connectivity index (χ4n) is 2.35. The highest BCUT2D eigenvalue weighted by atomic mass is 16.3. The van der Waals surface area contributed by atoms with Crippen LogP contribution in [0.1, 0.15) is 11.1 Å². The van der Waals surface area contributed by atoms with Crippen LogP contribution >= 0.6 is 0 Å². The van der Waals surface area contributed by atoms with Gasteiger partial charge < -0.3 is 9.73 Å². The Balaban J connectivity index is 1.71. The predicted molar refractivity (Wildman–Crippen MR) is 85.5 cm³/mol. The number of anilines is 1. The van der Waals surface area contributed by atoms with Gasteiger partial charge in [0.2, 0.25) is 5.91 Å². The second kappa shape index (κ2) is 6.26. The zero-order valence-electron chi connectivity index (χ0n) is 12.2. The van der Waals surface area contributed by atoms with Crippen molar-refractivity contribution in [2.45, 2.75) is 13.3 Å². The van der Waals surface area contributed by atoms with Gasteiger partial charge in [-0.2, -0.15) is 0 Å². The third kappa shape index (κ3) is 3.23. The number of rotatable bonds is 4. The van der Waals surface area contributed by atoms with Crippen molar-refractivity contribution in [2.24, 2.45) is 0 Å². The van der Waals surface area contributed by atoms with Crippen LogP contribution in [-0.2, 0) is 11.2 Å². The number of hydrogen-bond donors (Lipinski definition) is 1. The van der Waals surface area contributed by atoms with Crippen molar-refractivity contribution in [3.05, 3.63) is 72.2 Å². The largest absolute Gasteiger partial charge is 0.444 e. The first-order chi connectivity index (χ1) is 10.7. The number of carbonyl (C=O) groups excluding carboxylic acids is 1. The van der Waals surface area contributed by atoms with Crippen molar-refractivity contribution >= 4 is 11.6 Å². The van der Waals surface area contributed by atoms with Crippen molar-refractivity contribution in [1.29, 1.82) is 0 Å². The van der Waals surface area contributed by atoms with Crippen molar-refractivity contribution in [3.63, 3.8) is 0 Å². The van der Waals surface area contributed by atoms with Crippen LogP contribution in [0, 0.1) is 6.92 Å². The van der Waals surface area contributed by atoms with Crippen LogP contribution in [0.2, 0.25) is 0 Å². The average molecular weight is 292 g/mol. The molecule has 0 bridgehead atoms. The molecule has 0 aliphatic rings. The summed E-state index contributed by atoms with van der Waals surface area (Å²) in [5, 5.41) is 2.92. The Morgan fingerprint density at radius 1 is 1.18 bits per heavy atom. The third-order valence-electron chi connectivity index (χ3n) is 3.42. The molecule has 110 valence electrons. The Bertz CT molecular complexity index is 765. The number of benzene rings is 2. The van der Waals surface area contributed by atoms with Crippen molar-refractivity contribution in [2.75, 3.05) is 5.32 Å². The van der Waals surface area contributed by atoms with Gasteiger partial charge >= 0.3 is 0 Å². The molecule has 0 saturated carbocycles. The van der Waals surface area contributed by atoms with E-state index in [4.69, 9.17) is 4.42 Å². The molecule has 3 aromatic rings. The minimum Gasteiger partial charge on any atom is -0.444 e. The maximum atomic E-state index is 12.1. The summed E-state index contributed by atoms with van der Waals surface area (Å²) in [6.45, 7) is 1.98. The number of nitrogens with one attached hydrogen (secondary N) is 1. The minimum absolute atomic E-state index is 0.0296. The molecular formula is C18H16N2O2. The van der Waals surface area contributed by atoms with Crippen LogP contribution in [0.4, 0.5) is 5.69 Å². The lowest BCUT2D eigenvalue weighted by Crippen LogP contribution is -2.14. The summed E-state index contributed by atoms with van der Waals surface area (Å²) in [5.74, 6) is 0.692. The van der Waals surface area contributed by atoms with E-state index in [2.05, 4.69) is 10.3 Å². The molecule has 0 fully saturated rings. The molecule has 0 aliphatic carbocycles. The highest BCUT2D eigenvalue weighted by Crippen LogP contribution is 2.25. The van der Waals surface area contributed by atoms with Gasteiger partial charge in [0.05, 0.1) is 12.6 Å². The molecule has 0 spiro atoms. The quantitative estimate of drug-likeness (QED) is 0.795. The van der Waals surface area contributed by atoms with Gasteiger partial charge in [0.1, 0.15) is 0 Å². The highest BCUT2D eigenvalue weighted by Gasteiger charge is 2.08. The summed E-state index contributed by atoms with van der Waals surface area (Å²) in [4.78, 5) is 16.0. The van der Waals surface area contributed by atoms with Crippen molar-refractivity contribution in [1.82, 2.24) is 4.98 Å².